The molecule has 2 aromatic carbocycles. The molecule has 3 rings (SSSR count). The Labute approximate surface area is 138 Å². The van der Waals surface area contributed by atoms with E-state index in [0.717, 1.165) is 5.56 Å². The number of hydrogen-bond donors (Lipinski definition) is 1. The monoisotopic (exact) mass is 307 g/mol. The quantitative estimate of drug-likeness (QED) is 0.817. The molecule has 0 bridgehead atoms. The highest BCUT2D eigenvalue weighted by molar-refractivity contribution is 5.76. The van der Waals surface area contributed by atoms with Crippen molar-refractivity contribution >= 4 is 5.91 Å². The lowest BCUT2D eigenvalue weighted by molar-refractivity contribution is -0.122. The van der Waals surface area contributed by atoms with Gasteiger partial charge in [0.25, 0.3) is 0 Å². The van der Waals surface area contributed by atoms with Crippen LogP contribution in [-0.4, -0.2) is 5.91 Å². The van der Waals surface area contributed by atoms with Gasteiger partial charge in [0.05, 0.1) is 6.04 Å². The van der Waals surface area contributed by atoms with Gasteiger partial charge in [-0.3, -0.25) is 4.79 Å². The maximum Gasteiger partial charge on any atom is 0.220 e. The van der Waals surface area contributed by atoms with E-state index in [9.17, 15) is 4.79 Å². The molecule has 2 nitrogen and oxygen atoms in total. The Balaban J connectivity index is 1.65. The van der Waals surface area contributed by atoms with E-state index in [4.69, 9.17) is 0 Å². The Hall–Kier alpha value is -2.09. The van der Waals surface area contributed by atoms with Crippen molar-refractivity contribution in [1.29, 1.82) is 0 Å². The van der Waals surface area contributed by atoms with Gasteiger partial charge in [0.2, 0.25) is 5.91 Å². The highest BCUT2D eigenvalue weighted by Crippen LogP contribution is 2.28. The average molecular weight is 307 g/mol. The summed E-state index contributed by atoms with van der Waals surface area (Å²) in [6.07, 6.45) is 5.68. The number of carbonyl (C=O) groups is 1. The van der Waals surface area contributed by atoms with E-state index in [-0.39, 0.29) is 11.9 Å². The van der Waals surface area contributed by atoms with E-state index in [1.165, 1.54) is 36.8 Å². The van der Waals surface area contributed by atoms with Gasteiger partial charge in [-0.25, -0.2) is 0 Å². The van der Waals surface area contributed by atoms with Crippen molar-refractivity contribution in [2.75, 3.05) is 0 Å². The van der Waals surface area contributed by atoms with Crippen LogP contribution in [0.15, 0.2) is 54.6 Å². The topological polar surface area (TPSA) is 29.1 Å². The van der Waals surface area contributed by atoms with Crippen LogP contribution in [-0.2, 0) is 4.79 Å². The fraction of sp³-hybridized carbons (Fsp3) is 0.381. The van der Waals surface area contributed by atoms with Crippen LogP contribution >= 0.6 is 0 Å². The van der Waals surface area contributed by atoms with Crippen molar-refractivity contribution in [2.24, 2.45) is 5.92 Å². The number of hydrogen-bond acceptors (Lipinski definition) is 1. The van der Waals surface area contributed by atoms with Crippen LogP contribution in [0.5, 0.6) is 0 Å². The summed E-state index contributed by atoms with van der Waals surface area (Å²) in [6, 6.07) is 18.9. The third-order valence-electron chi connectivity index (χ3n) is 4.82. The molecule has 0 spiro atoms. The van der Waals surface area contributed by atoms with Gasteiger partial charge in [0, 0.05) is 6.42 Å². The summed E-state index contributed by atoms with van der Waals surface area (Å²) in [5.41, 5.74) is 3.56. The highest BCUT2D eigenvalue weighted by atomic mass is 16.1. The van der Waals surface area contributed by atoms with Crippen molar-refractivity contribution in [2.45, 2.75) is 45.1 Å². The van der Waals surface area contributed by atoms with Gasteiger partial charge >= 0.3 is 0 Å². The van der Waals surface area contributed by atoms with Gasteiger partial charge in [-0.15, -0.1) is 0 Å². The van der Waals surface area contributed by atoms with Crippen LogP contribution in [0.3, 0.4) is 0 Å². The van der Waals surface area contributed by atoms with Crippen molar-refractivity contribution in [3.05, 3.63) is 60.2 Å². The minimum absolute atomic E-state index is 0.0487. The number of nitrogens with one attached hydrogen (secondary N) is 1. The van der Waals surface area contributed by atoms with Crippen LogP contribution in [0.4, 0.5) is 0 Å². The number of carbonyl (C=O) groups excluding carboxylic acids is 1. The second kappa shape index (κ2) is 7.45. The number of rotatable bonds is 5. The molecule has 2 heteroatoms. The van der Waals surface area contributed by atoms with Gasteiger partial charge < -0.3 is 5.32 Å². The predicted octanol–water partition coefficient (Wildman–Crippen LogP) is 5.11. The molecule has 120 valence electrons. The first kappa shape index (κ1) is 15.8. The first-order valence-electron chi connectivity index (χ1n) is 8.67. The molecule has 0 aliphatic heterocycles. The fourth-order valence-corrected chi connectivity index (χ4v) is 3.48. The molecule has 23 heavy (non-hydrogen) atoms. The molecule has 0 radical (unpaired) electrons. The standard InChI is InChI=1S/C21H25NO/c1-16(22-21(23)14-17-8-5-6-9-17)19-12-7-13-20(15-19)18-10-3-2-4-11-18/h2-4,7,10-13,15-17H,5-6,8-9,14H2,1H3,(H,22,23)/t16-/m0/s1. The lowest BCUT2D eigenvalue weighted by Crippen LogP contribution is -2.28. The summed E-state index contributed by atoms with van der Waals surface area (Å²) in [6.45, 7) is 2.07. The van der Waals surface area contributed by atoms with E-state index >= 15 is 0 Å². The van der Waals surface area contributed by atoms with Gasteiger partial charge in [-0.2, -0.15) is 0 Å². The maximum atomic E-state index is 12.2. The van der Waals surface area contributed by atoms with E-state index in [1.807, 2.05) is 6.07 Å². The SMILES string of the molecule is C[C@H](NC(=O)CC1CCCC1)c1cccc(-c2ccccc2)c1. The summed E-state index contributed by atoms with van der Waals surface area (Å²) < 4.78 is 0. The summed E-state index contributed by atoms with van der Waals surface area (Å²) in [4.78, 5) is 12.2. The molecule has 1 amide bonds. The van der Waals surface area contributed by atoms with Gasteiger partial charge in [0.1, 0.15) is 0 Å². The van der Waals surface area contributed by atoms with E-state index in [2.05, 4.69) is 60.8 Å². The first-order valence-corrected chi connectivity index (χ1v) is 8.67. The van der Waals surface area contributed by atoms with Crippen molar-refractivity contribution in [1.82, 2.24) is 5.32 Å². The summed E-state index contributed by atoms with van der Waals surface area (Å²) in [5.74, 6) is 0.785. The van der Waals surface area contributed by atoms with Gasteiger partial charge in [-0.1, -0.05) is 61.4 Å². The van der Waals surface area contributed by atoms with Crippen LogP contribution in [0, 0.1) is 5.92 Å². The molecule has 1 fully saturated rings. The van der Waals surface area contributed by atoms with Crippen molar-refractivity contribution in [3.8, 4) is 11.1 Å². The Kier molecular flexibility index (Phi) is 5.12. The molecule has 1 saturated carbocycles. The molecular formula is C21H25NO. The van der Waals surface area contributed by atoms with Crippen LogP contribution in [0.2, 0.25) is 0 Å². The molecule has 1 atom stereocenters. The molecule has 1 aliphatic rings. The van der Waals surface area contributed by atoms with Crippen molar-refractivity contribution < 1.29 is 4.79 Å². The number of amides is 1. The van der Waals surface area contributed by atoms with Crippen molar-refractivity contribution in [3.63, 3.8) is 0 Å². The Bertz CT molecular complexity index is 644. The van der Waals surface area contributed by atoms with E-state index < -0.39 is 0 Å². The molecule has 0 saturated heterocycles. The molecule has 2 aromatic rings. The second-order valence-corrected chi connectivity index (χ2v) is 6.64. The third kappa shape index (κ3) is 4.22. The Morgan fingerprint density at radius 1 is 1.04 bits per heavy atom. The summed E-state index contributed by atoms with van der Waals surface area (Å²) >= 11 is 0. The minimum atomic E-state index is 0.0487. The molecule has 1 N–H and O–H groups in total. The van der Waals surface area contributed by atoms with E-state index in [1.54, 1.807) is 0 Å². The molecular weight excluding hydrogens is 282 g/mol. The molecule has 0 aromatic heterocycles. The molecule has 0 unspecified atom stereocenters. The summed E-state index contributed by atoms with van der Waals surface area (Å²) in [7, 11) is 0. The minimum Gasteiger partial charge on any atom is -0.350 e. The van der Waals surface area contributed by atoms with Gasteiger partial charge in [0.15, 0.2) is 0 Å². The second-order valence-electron chi connectivity index (χ2n) is 6.64. The van der Waals surface area contributed by atoms with Gasteiger partial charge in [-0.05, 0) is 48.4 Å². The lowest BCUT2D eigenvalue weighted by atomic mass is 9.99. The molecule has 1 aliphatic carbocycles. The summed E-state index contributed by atoms with van der Waals surface area (Å²) in [5, 5.41) is 3.16. The average Bonchev–Trinajstić information content (AvgIpc) is 3.08. The van der Waals surface area contributed by atoms with Crippen LogP contribution in [0.1, 0.15) is 50.6 Å². The maximum absolute atomic E-state index is 12.2. The fourth-order valence-electron chi connectivity index (χ4n) is 3.48. The third-order valence-corrected chi connectivity index (χ3v) is 4.82. The predicted molar refractivity (Wildman–Crippen MR) is 95.0 cm³/mol. The lowest BCUT2D eigenvalue weighted by Gasteiger charge is -2.17. The van der Waals surface area contributed by atoms with E-state index in [0.29, 0.717) is 12.3 Å². The number of benzene rings is 2. The zero-order valence-corrected chi connectivity index (χ0v) is 13.8. The Morgan fingerprint density at radius 2 is 1.74 bits per heavy atom. The zero-order valence-electron chi connectivity index (χ0n) is 13.8. The highest BCUT2D eigenvalue weighted by Gasteiger charge is 2.19. The zero-order chi connectivity index (χ0) is 16.1. The molecule has 0 heterocycles. The Morgan fingerprint density at radius 3 is 2.48 bits per heavy atom. The first-order chi connectivity index (χ1) is 11.2. The van der Waals surface area contributed by atoms with Crippen LogP contribution < -0.4 is 5.32 Å². The largest absolute Gasteiger partial charge is 0.350 e. The smallest absolute Gasteiger partial charge is 0.220 e. The normalized spacial score (nSPS) is 16.2. The van der Waals surface area contributed by atoms with Crippen LogP contribution in [0.25, 0.3) is 11.1 Å².